The molecule has 218 valence electrons. The maximum Gasteiger partial charge on any atom is 0.335 e. The molecule has 0 aromatic heterocycles. The van der Waals surface area contributed by atoms with E-state index in [2.05, 4.69) is 68.1 Å². The summed E-state index contributed by atoms with van der Waals surface area (Å²) in [5.74, 6) is -0.149. The Balaban J connectivity index is 1.47. The van der Waals surface area contributed by atoms with Gasteiger partial charge in [0.2, 0.25) is 0 Å². The summed E-state index contributed by atoms with van der Waals surface area (Å²) in [4.78, 5) is 25.4. The van der Waals surface area contributed by atoms with Gasteiger partial charge in [0.05, 0.1) is 12.7 Å². The van der Waals surface area contributed by atoms with E-state index >= 15 is 0 Å². The molecule has 1 unspecified atom stereocenters. The van der Waals surface area contributed by atoms with Crippen molar-refractivity contribution < 1.29 is 24.2 Å². The molecule has 0 radical (unpaired) electrons. The van der Waals surface area contributed by atoms with E-state index < -0.39 is 5.97 Å². The molecule has 0 heterocycles. The van der Waals surface area contributed by atoms with Crippen molar-refractivity contribution in [1.82, 2.24) is 4.90 Å². The number of unbranched alkanes of at least 4 members (excludes halogenated alkanes) is 1. The number of rotatable bonds is 12. The number of esters is 1. The monoisotopic (exact) mass is 557 g/mol. The largest absolute Gasteiger partial charge is 0.489 e. The summed E-state index contributed by atoms with van der Waals surface area (Å²) >= 11 is 0. The number of benzene rings is 3. The molecule has 1 aliphatic rings. The Hall–Kier alpha value is -3.64. The fraction of sp³-hybridized carbons (Fsp3) is 0.429. The molecule has 0 fully saturated rings. The van der Waals surface area contributed by atoms with Gasteiger partial charge in [-0.05, 0) is 90.1 Å². The number of aromatic carboxylic acids is 1. The van der Waals surface area contributed by atoms with E-state index in [0.717, 1.165) is 62.1 Å². The van der Waals surface area contributed by atoms with Crippen molar-refractivity contribution in [3.05, 3.63) is 100 Å². The molecule has 3 aromatic carbocycles. The Kier molecular flexibility index (Phi) is 10.2. The van der Waals surface area contributed by atoms with E-state index in [0.29, 0.717) is 24.6 Å². The number of carbonyl (C=O) groups is 2. The van der Waals surface area contributed by atoms with Crippen LogP contribution < -0.4 is 4.74 Å². The van der Waals surface area contributed by atoms with Crippen molar-refractivity contribution in [2.24, 2.45) is 0 Å². The Morgan fingerprint density at radius 1 is 0.951 bits per heavy atom. The van der Waals surface area contributed by atoms with Gasteiger partial charge in [-0.3, -0.25) is 9.69 Å². The minimum absolute atomic E-state index is 0.121. The molecule has 0 saturated heterocycles. The maximum absolute atomic E-state index is 11.6. The SMILES string of the molecule is COC(=O)CCCCN(Cc1ccc(C(=O)O)cc1)C1CCc2cccc(OCc3ccc(C(C)(C)C)cc3)c2C1. The van der Waals surface area contributed by atoms with Crippen LogP contribution in [0.2, 0.25) is 0 Å². The minimum atomic E-state index is -0.919. The molecule has 41 heavy (non-hydrogen) atoms. The van der Waals surface area contributed by atoms with E-state index in [1.165, 1.54) is 23.8 Å². The van der Waals surface area contributed by atoms with Gasteiger partial charge in [-0.25, -0.2) is 4.79 Å². The second-order valence-electron chi connectivity index (χ2n) is 12.0. The molecule has 3 aromatic rings. The van der Waals surface area contributed by atoms with Crippen molar-refractivity contribution in [2.45, 2.75) is 83.9 Å². The quantitative estimate of drug-likeness (QED) is 0.192. The number of nitrogens with zero attached hydrogens (tertiary/aromatic N) is 1. The van der Waals surface area contributed by atoms with Crippen LogP contribution in [-0.4, -0.2) is 41.6 Å². The standard InChI is InChI=1S/C35H43NO5/c1-35(2,3)29-18-13-26(14-19-29)24-41-32-9-7-8-27-17-20-30(22-31(27)32)36(21-6-5-10-33(37)40-4)23-25-11-15-28(16-12-25)34(38)39/h7-9,11-16,18-19,30H,5-6,10,17,20-24H2,1-4H3,(H,38,39). The number of hydrogen-bond acceptors (Lipinski definition) is 5. The van der Waals surface area contributed by atoms with Gasteiger partial charge >= 0.3 is 11.9 Å². The van der Waals surface area contributed by atoms with Crippen molar-refractivity contribution >= 4 is 11.9 Å². The summed E-state index contributed by atoms with van der Waals surface area (Å²) < 4.78 is 11.2. The average molecular weight is 558 g/mol. The lowest BCUT2D eigenvalue weighted by molar-refractivity contribution is -0.140. The molecule has 1 aliphatic carbocycles. The smallest absolute Gasteiger partial charge is 0.335 e. The first-order valence-electron chi connectivity index (χ1n) is 14.6. The maximum atomic E-state index is 11.6. The highest BCUT2D eigenvalue weighted by Gasteiger charge is 2.27. The summed E-state index contributed by atoms with van der Waals surface area (Å²) in [5.41, 5.74) is 6.58. The van der Waals surface area contributed by atoms with E-state index in [1.807, 2.05) is 12.1 Å². The number of carbonyl (C=O) groups excluding carboxylic acids is 1. The Morgan fingerprint density at radius 3 is 2.32 bits per heavy atom. The highest BCUT2D eigenvalue weighted by atomic mass is 16.5. The normalized spacial score (nSPS) is 14.9. The fourth-order valence-electron chi connectivity index (χ4n) is 5.51. The van der Waals surface area contributed by atoms with Crippen molar-refractivity contribution in [2.75, 3.05) is 13.7 Å². The van der Waals surface area contributed by atoms with Gasteiger partial charge in [-0.15, -0.1) is 0 Å². The molecule has 0 saturated carbocycles. The lowest BCUT2D eigenvalue weighted by Crippen LogP contribution is -2.39. The number of carboxylic acid groups (broad SMARTS) is 1. The number of methoxy groups -OCH3 is 1. The Labute approximate surface area is 244 Å². The molecule has 1 N–H and O–H groups in total. The molecule has 0 aliphatic heterocycles. The van der Waals surface area contributed by atoms with Crippen LogP contribution in [0.15, 0.2) is 66.7 Å². The first-order chi connectivity index (χ1) is 19.6. The molecule has 1 atom stereocenters. The number of aryl methyl sites for hydroxylation is 1. The lowest BCUT2D eigenvalue weighted by Gasteiger charge is -2.36. The Morgan fingerprint density at radius 2 is 1.66 bits per heavy atom. The van der Waals surface area contributed by atoms with E-state index in [1.54, 1.807) is 12.1 Å². The fourth-order valence-corrected chi connectivity index (χ4v) is 5.51. The molecule has 6 nitrogen and oxygen atoms in total. The van der Waals surface area contributed by atoms with Gasteiger partial charge < -0.3 is 14.6 Å². The molecular formula is C35H43NO5. The predicted octanol–water partition coefficient (Wildman–Crippen LogP) is 6.96. The molecule has 4 rings (SSSR count). The highest BCUT2D eigenvalue weighted by Crippen LogP contribution is 2.33. The van der Waals surface area contributed by atoms with Gasteiger partial charge in [-0.2, -0.15) is 0 Å². The number of ether oxygens (including phenoxy) is 2. The van der Waals surface area contributed by atoms with Gasteiger partial charge in [0.1, 0.15) is 12.4 Å². The molecule has 0 bridgehead atoms. The van der Waals surface area contributed by atoms with Gasteiger partial charge in [0.15, 0.2) is 0 Å². The zero-order chi connectivity index (χ0) is 29.4. The summed E-state index contributed by atoms with van der Waals surface area (Å²) in [6.45, 7) is 8.76. The summed E-state index contributed by atoms with van der Waals surface area (Å²) in [6, 6.07) is 22.5. The third-order valence-electron chi connectivity index (χ3n) is 8.04. The number of carboxylic acids is 1. The second-order valence-corrected chi connectivity index (χ2v) is 12.0. The van der Waals surface area contributed by atoms with E-state index in [9.17, 15) is 14.7 Å². The van der Waals surface area contributed by atoms with Crippen molar-refractivity contribution in [3.63, 3.8) is 0 Å². The summed E-state index contributed by atoms with van der Waals surface area (Å²) in [7, 11) is 1.43. The first kappa shape index (κ1) is 30.3. The molecule has 0 spiro atoms. The van der Waals surface area contributed by atoms with E-state index in [-0.39, 0.29) is 11.4 Å². The summed E-state index contributed by atoms with van der Waals surface area (Å²) in [5, 5.41) is 9.29. The molecule has 6 heteroatoms. The highest BCUT2D eigenvalue weighted by molar-refractivity contribution is 5.87. The van der Waals surface area contributed by atoms with Crippen LogP contribution in [0.4, 0.5) is 0 Å². The molecule has 0 amide bonds. The van der Waals surface area contributed by atoms with Gasteiger partial charge in [-0.1, -0.05) is 69.3 Å². The van der Waals surface area contributed by atoms with Crippen LogP contribution in [0.25, 0.3) is 0 Å². The van der Waals surface area contributed by atoms with Crippen LogP contribution in [0, 0.1) is 0 Å². The van der Waals surface area contributed by atoms with Crippen LogP contribution >= 0.6 is 0 Å². The first-order valence-corrected chi connectivity index (χ1v) is 14.6. The zero-order valence-electron chi connectivity index (χ0n) is 24.8. The van der Waals surface area contributed by atoms with Crippen molar-refractivity contribution in [3.8, 4) is 5.75 Å². The van der Waals surface area contributed by atoms with Gasteiger partial charge in [0, 0.05) is 19.0 Å². The van der Waals surface area contributed by atoms with Crippen molar-refractivity contribution in [1.29, 1.82) is 0 Å². The average Bonchev–Trinajstić information content (AvgIpc) is 2.97. The third-order valence-corrected chi connectivity index (χ3v) is 8.04. The number of fused-ring (bicyclic) bond motifs is 1. The Bertz CT molecular complexity index is 1310. The van der Waals surface area contributed by atoms with Crippen LogP contribution in [0.1, 0.15) is 84.6 Å². The zero-order valence-corrected chi connectivity index (χ0v) is 24.8. The third kappa shape index (κ3) is 8.43. The van der Waals surface area contributed by atoms with Crippen LogP contribution in [0.5, 0.6) is 5.75 Å². The van der Waals surface area contributed by atoms with E-state index in [4.69, 9.17) is 9.47 Å². The van der Waals surface area contributed by atoms with Crippen LogP contribution in [-0.2, 0) is 40.9 Å². The lowest BCUT2D eigenvalue weighted by atomic mass is 9.86. The second kappa shape index (κ2) is 13.8. The summed E-state index contributed by atoms with van der Waals surface area (Å²) in [6.07, 6.45) is 4.97. The number of hydrogen-bond donors (Lipinski definition) is 1. The van der Waals surface area contributed by atoms with Gasteiger partial charge in [0.25, 0.3) is 0 Å². The molecular weight excluding hydrogens is 514 g/mol. The predicted molar refractivity (Wildman–Crippen MR) is 161 cm³/mol. The topological polar surface area (TPSA) is 76.1 Å². The minimum Gasteiger partial charge on any atom is -0.489 e. The van der Waals surface area contributed by atoms with Crippen LogP contribution in [0.3, 0.4) is 0 Å².